The van der Waals surface area contributed by atoms with Gasteiger partial charge in [0.15, 0.2) is 0 Å². The van der Waals surface area contributed by atoms with Gasteiger partial charge in [0.2, 0.25) is 0 Å². The van der Waals surface area contributed by atoms with Crippen molar-refractivity contribution in [3.8, 4) is 11.8 Å². The van der Waals surface area contributed by atoms with Crippen molar-refractivity contribution in [2.45, 2.75) is 51.9 Å². The third kappa shape index (κ3) is 6.61. The SMILES string of the molecule is CCCCCCCCC#Cc1ccc[se]1. The number of unbranched alkanes of at least 4 members (excludes halogenated alkanes) is 6. The normalized spacial score (nSPS) is 9.67. The van der Waals surface area contributed by atoms with E-state index in [1.165, 1.54) is 43.0 Å². The summed E-state index contributed by atoms with van der Waals surface area (Å²) in [5.41, 5.74) is 0. The molecule has 0 nitrogen and oxygen atoms in total. The van der Waals surface area contributed by atoms with Gasteiger partial charge >= 0.3 is 99.7 Å². The first-order chi connectivity index (χ1) is 7.43. The molecule has 1 rings (SSSR count). The van der Waals surface area contributed by atoms with Crippen LogP contribution in [0.4, 0.5) is 0 Å². The summed E-state index contributed by atoms with van der Waals surface area (Å²) >= 11 is 0.536. The Hall–Kier alpha value is -0.441. The topological polar surface area (TPSA) is 0 Å². The van der Waals surface area contributed by atoms with Crippen molar-refractivity contribution in [3.05, 3.63) is 21.5 Å². The van der Waals surface area contributed by atoms with E-state index in [4.69, 9.17) is 0 Å². The molecule has 0 saturated carbocycles. The summed E-state index contributed by atoms with van der Waals surface area (Å²) in [6, 6.07) is 4.27. The van der Waals surface area contributed by atoms with Gasteiger partial charge in [-0.2, -0.15) is 0 Å². The first-order valence-electron chi connectivity index (χ1n) is 5.96. The molecule has 0 bridgehead atoms. The second-order valence-electron chi connectivity index (χ2n) is 3.80. The van der Waals surface area contributed by atoms with E-state index in [2.05, 4.69) is 35.8 Å². The Morgan fingerprint density at radius 1 is 1.13 bits per heavy atom. The fraction of sp³-hybridized carbons (Fsp3) is 0.571. The molecule has 0 fully saturated rings. The van der Waals surface area contributed by atoms with Gasteiger partial charge in [-0.15, -0.1) is 0 Å². The molecule has 82 valence electrons. The van der Waals surface area contributed by atoms with E-state index in [-0.39, 0.29) is 0 Å². The molecule has 0 aliphatic rings. The molecule has 0 aliphatic carbocycles. The molecule has 0 amide bonds. The van der Waals surface area contributed by atoms with Crippen molar-refractivity contribution >= 4 is 14.5 Å². The first-order valence-corrected chi connectivity index (χ1v) is 7.80. The van der Waals surface area contributed by atoms with Gasteiger partial charge < -0.3 is 0 Å². The summed E-state index contributed by atoms with van der Waals surface area (Å²) in [6.45, 7) is 2.26. The predicted molar refractivity (Wildman–Crippen MR) is 68.3 cm³/mol. The average Bonchev–Trinajstić information content (AvgIpc) is 2.75. The van der Waals surface area contributed by atoms with Crippen molar-refractivity contribution in [1.29, 1.82) is 0 Å². The fourth-order valence-electron chi connectivity index (χ4n) is 1.49. The maximum absolute atomic E-state index is 3.28. The quantitative estimate of drug-likeness (QED) is 0.417. The Morgan fingerprint density at radius 2 is 1.93 bits per heavy atom. The van der Waals surface area contributed by atoms with Crippen LogP contribution in [0.5, 0.6) is 0 Å². The van der Waals surface area contributed by atoms with Crippen molar-refractivity contribution in [1.82, 2.24) is 0 Å². The number of hydrogen-bond acceptors (Lipinski definition) is 0. The van der Waals surface area contributed by atoms with Gasteiger partial charge in [0.1, 0.15) is 0 Å². The zero-order valence-corrected chi connectivity index (χ0v) is 11.3. The van der Waals surface area contributed by atoms with Crippen LogP contribution in [0.15, 0.2) is 17.1 Å². The van der Waals surface area contributed by atoms with Gasteiger partial charge in [-0.05, 0) is 0 Å². The summed E-state index contributed by atoms with van der Waals surface area (Å²) in [7, 11) is 0. The Morgan fingerprint density at radius 3 is 2.67 bits per heavy atom. The van der Waals surface area contributed by atoms with Crippen LogP contribution in [0.2, 0.25) is 0 Å². The Kier molecular flexibility index (Phi) is 7.44. The predicted octanol–water partition coefficient (Wildman–Crippen LogP) is 3.85. The summed E-state index contributed by atoms with van der Waals surface area (Å²) in [5.74, 6) is 6.54. The van der Waals surface area contributed by atoms with Crippen molar-refractivity contribution < 1.29 is 0 Å². The van der Waals surface area contributed by atoms with E-state index >= 15 is 0 Å². The standard InChI is InChI=1S/C14H20Se/c1-2-3-4-5-6-7-8-9-11-14-12-10-13-15-14/h10,12-13H,2-8H2,1H3. The minimum atomic E-state index is 0.536. The van der Waals surface area contributed by atoms with Crippen molar-refractivity contribution in [2.24, 2.45) is 0 Å². The van der Waals surface area contributed by atoms with Crippen LogP contribution in [0, 0.1) is 11.8 Å². The molecule has 0 radical (unpaired) electrons. The van der Waals surface area contributed by atoms with E-state index in [0.29, 0.717) is 14.5 Å². The third-order valence-corrected chi connectivity index (χ3v) is 4.04. The van der Waals surface area contributed by atoms with E-state index in [9.17, 15) is 0 Å². The van der Waals surface area contributed by atoms with E-state index in [1.54, 1.807) is 0 Å². The molecule has 1 heteroatoms. The molecule has 1 aromatic heterocycles. The van der Waals surface area contributed by atoms with E-state index in [1.807, 2.05) is 0 Å². The van der Waals surface area contributed by atoms with Crippen LogP contribution in [0.25, 0.3) is 0 Å². The molecule has 0 unspecified atom stereocenters. The van der Waals surface area contributed by atoms with Gasteiger partial charge in [0.05, 0.1) is 0 Å². The zero-order valence-electron chi connectivity index (χ0n) is 9.59. The molecule has 0 N–H and O–H groups in total. The molecular weight excluding hydrogens is 247 g/mol. The second-order valence-corrected chi connectivity index (χ2v) is 5.79. The van der Waals surface area contributed by atoms with Gasteiger partial charge in [-0.1, -0.05) is 0 Å². The maximum atomic E-state index is 3.28. The summed E-state index contributed by atoms with van der Waals surface area (Å²) in [6.07, 6.45) is 9.25. The van der Waals surface area contributed by atoms with Crippen LogP contribution in [-0.4, -0.2) is 14.5 Å². The number of rotatable bonds is 6. The van der Waals surface area contributed by atoms with Crippen LogP contribution < -0.4 is 0 Å². The van der Waals surface area contributed by atoms with Crippen LogP contribution in [0.3, 0.4) is 0 Å². The molecule has 15 heavy (non-hydrogen) atoms. The van der Waals surface area contributed by atoms with Gasteiger partial charge in [0, 0.05) is 0 Å². The summed E-state index contributed by atoms with van der Waals surface area (Å²) < 4.78 is 1.34. The molecule has 0 aromatic carbocycles. The summed E-state index contributed by atoms with van der Waals surface area (Å²) in [4.78, 5) is 2.22. The van der Waals surface area contributed by atoms with Crippen LogP contribution in [0.1, 0.15) is 56.3 Å². The fourth-order valence-corrected chi connectivity index (χ4v) is 2.74. The van der Waals surface area contributed by atoms with Crippen molar-refractivity contribution in [3.63, 3.8) is 0 Å². The Balaban J connectivity index is 1.97. The molecular formula is C14H20Se. The second kappa shape index (κ2) is 8.83. The van der Waals surface area contributed by atoms with Crippen molar-refractivity contribution in [2.75, 3.05) is 0 Å². The minimum absolute atomic E-state index is 0.536. The monoisotopic (exact) mass is 268 g/mol. The van der Waals surface area contributed by atoms with E-state index < -0.39 is 0 Å². The molecule has 0 spiro atoms. The zero-order chi connectivity index (χ0) is 10.8. The molecule has 1 aromatic rings. The first kappa shape index (κ1) is 12.6. The van der Waals surface area contributed by atoms with Gasteiger partial charge in [0.25, 0.3) is 0 Å². The number of hydrogen-bond donors (Lipinski definition) is 0. The average molecular weight is 267 g/mol. The molecule has 0 saturated heterocycles. The van der Waals surface area contributed by atoms with E-state index in [0.717, 1.165) is 6.42 Å². The molecule has 1 heterocycles. The van der Waals surface area contributed by atoms with Gasteiger partial charge in [-0.3, -0.25) is 0 Å². The Labute approximate surface area is 99.8 Å². The van der Waals surface area contributed by atoms with Gasteiger partial charge in [-0.25, -0.2) is 0 Å². The molecule has 0 aliphatic heterocycles. The van der Waals surface area contributed by atoms with Crippen LogP contribution >= 0.6 is 0 Å². The Bertz CT molecular complexity index is 287. The molecule has 0 atom stereocenters. The third-order valence-electron chi connectivity index (χ3n) is 2.39. The van der Waals surface area contributed by atoms with Crippen LogP contribution in [-0.2, 0) is 0 Å². The summed E-state index contributed by atoms with van der Waals surface area (Å²) in [5, 5.41) is 0.